The molecule has 3 rings (SSSR count). The van der Waals surface area contributed by atoms with Crippen molar-refractivity contribution >= 4 is 0 Å². The first-order valence-corrected chi connectivity index (χ1v) is 11.6. The zero-order valence-corrected chi connectivity index (χ0v) is 20.7. The third-order valence-corrected chi connectivity index (χ3v) is 5.78. The number of rotatable bonds is 8. The van der Waals surface area contributed by atoms with Gasteiger partial charge >= 0.3 is 11.4 Å². The zero-order valence-electron chi connectivity index (χ0n) is 20.7. The lowest BCUT2D eigenvalue weighted by molar-refractivity contribution is -0.262. The van der Waals surface area contributed by atoms with E-state index in [4.69, 9.17) is 19.7 Å². The molecule has 2 aromatic heterocycles. The van der Waals surface area contributed by atoms with Crippen molar-refractivity contribution in [3.05, 3.63) is 65.2 Å². The Balaban J connectivity index is 0.000000251. The van der Waals surface area contributed by atoms with Gasteiger partial charge < -0.3 is 28.8 Å². The van der Waals surface area contributed by atoms with Gasteiger partial charge in [0.05, 0.1) is 13.2 Å². The van der Waals surface area contributed by atoms with Crippen LogP contribution in [0.4, 0.5) is 0 Å². The summed E-state index contributed by atoms with van der Waals surface area (Å²) < 4.78 is 14.0. The fraction of sp³-hybridized carbons (Fsp3) is 0.652. The van der Waals surface area contributed by atoms with Crippen molar-refractivity contribution in [1.29, 1.82) is 0 Å². The average Bonchev–Trinajstić information content (AvgIpc) is 2.80. The van der Waals surface area contributed by atoms with E-state index in [1.54, 1.807) is 20.0 Å². The molecule has 0 radical (unpaired) electrons. The quantitative estimate of drug-likeness (QED) is 0.378. The Hall–Kier alpha value is -2.80. The van der Waals surface area contributed by atoms with Crippen molar-refractivity contribution in [3.63, 3.8) is 0 Å². The lowest BCUT2D eigenvalue weighted by Gasteiger charge is -2.35. The molecular weight excluding hydrogens is 460 g/mol. The first kappa shape index (κ1) is 28.4. The zero-order chi connectivity index (χ0) is 26.2. The smallest absolute Gasteiger partial charge is 0.328 e. The molecule has 12 nitrogen and oxygen atoms in total. The van der Waals surface area contributed by atoms with Crippen molar-refractivity contribution in [3.8, 4) is 0 Å². The molecule has 0 unspecified atom stereocenters. The van der Waals surface area contributed by atoms with Gasteiger partial charge in [-0.15, -0.1) is 0 Å². The molecule has 2 aromatic rings. The third-order valence-electron chi connectivity index (χ3n) is 5.78. The number of nitrogens with one attached hydrogen (secondary N) is 2. The SMILES string of the molecule is Cc1cn(CCC(CO)CO)c(=O)[nH]c1=O.Cc1cn(CCC2COC(C)(C)OC2)c(=O)[nH]c1=O. The van der Waals surface area contributed by atoms with E-state index in [1.165, 1.54) is 15.3 Å². The Kier molecular flexibility index (Phi) is 10.4. The molecule has 1 fully saturated rings. The van der Waals surface area contributed by atoms with E-state index in [0.29, 0.717) is 43.9 Å². The molecule has 0 saturated carbocycles. The summed E-state index contributed by atoms with van der Waals surface area (Å²) in [5.74, 6) is -0.478. The number of hydrogen-bond acceptors (Lipinski definition) is 8. The fourth-order valence-corrected chi connectivity index (χ4v) is 3.35. The summed E-state index contributed by atoms with van der Waals surface area (Å²) in [4.78, 5) is 49.8. The second-order valence-corrected chi connectivity index (χ2v) is 9.23. The lowest BCUT2D eigenvalue weighted by atomic mass is 10.1. The van der Waals surface area contributed by atoms with Crippen molar-refractivity contribution in [2.24, 2.45) is 11.8 Å². The second-order valence-electron chi connectivity index (χ2n) is 9.23. The maximum atomic E-state index is 11.6. The molecule has 35 heavy (non-hydrogen) atoms. The minimum Gasteiger partial charge on any atom is -0.396 e. The van der Waals surface area contributed by atoms with Gasteiger partial charge in [-0.1, -0.05) is 0 Å². The Labute approximate surface area is 202 Å². The largest absolute Gasteiger partial charge is 0.396 e. The summed E-state index contributed by atoms with van der Waals surface area (Å²) >= 11 is 0. The molecule has 0 amide bonds. The van der Waals surface area contributed by atoms with Crippen molar-refractivity contribution in [1.82, 2.24) is 19.1 Å². The molecule has 12 heteroatoms. The van der Waals surface area contributed by atoms with Crippen LogP contribution in [0, 0.1) is 25.7 Å². The van der Waals surface area contributed by atoms with E-state index in [1.807, 2.05) is 13.8 Å². The van der Waals surface area contributed by atoms with Gasteiger partial charge in [0.1, 0.15) is 0 Å². The van der Waals surface area contributed by atoms with E-state index in [9.17, 15) is 19.2 Å². The lowest BCUT2D eigenvalue weighted by Crippen LogP contribution is -2.40. The number of ether oxygens (including phenoxy) is 2. The maximum Gasteiger partial charge on any atom is 0.328 e. The highest BCUT2D eigenvalue weighted by atomic mass is 16.7. The van der Waals surface area contributed by atoms with Crippen molar-refractivity contribution in [2.75, 3.05) is 26.4 Å². The van der Waals surface area contributed by atoms with Gasteiger partial charge in [-0.05, 0) is 40.5 Å². The van der Waals surface area contributed by atoms with Crippen molar-refractivity contribution < 1.29 is 19.7 Å². The van der Waals surface area contributed by atoms with Crippen LogP contribution in [0.1, 0.15) is 37.8 Å². The molecule has 1 aliphatic heterocycles. The Bertz CT molecular complexity index is 1180. The molecule has 1 aliphatic rings. The number of hydrogen-bond donors (Lipinski definition) is 4. The molecule has 0 aromatic carbocycles. The number of H-pyrrole nitrogens is 2. The van der Waals surface area contributed by atoms with E-state index in [0.717, 1.165) is 6.42 Å². The van der Waals surface area contributed by atoms with Crippen LogP contribution >= 0.6 is 0 Å². The molecule has 1 saturated heterocycles. The van der Waals surface area contributed by atoms with Gasteiger partial charge in [0.25, 0.3) is 11.1 Å². The van der Waals surface area contributed by atoms with Crippen LogP contribution < -0.4 is 22.5 Å². The number of aliphatic hydroxyl groups excluding tert-OH is 2. The van der Waals surface area contributed by atoms with Gasteiger partial charge in [-0.3, -0.25) is 19.6 Å². The normalized spacial score (nSPS) is 15.6. The third kappa shape index (κ3) is 8.73. The standard InChI is InChI=1S/C13H20N2O4.C10H16N2O4/c1-9-6-15(12(17)14-11(9)16)5-4-10-7-18-13(2,3)19-8-10;1-7-4-12(10(16)11-9(7)15)3-2-8(5-13)6-14/h6,10H,4-5,7-8H2,1-3H3,(H,14,16,17);4,8,13-14H,2-3,5-6H2,1H3,(H,11,15,16). The monoisotopic (exact) mass is 496 g/mol. The second kappa shape index (κ2) is 12.8. The Morgan fingerprint density at radius 3 is 1.83 bits per heavy atom. The van der Waals surface area contributed by atoms with Crippen LogP contribution in [0.2, 0.25) is 0 Å². The molecule has 196 valence electrons. The topological polar surface area (TPSA) is 169 Å². The predicted octanol–water partition coefficient (Wildman–Crippen LogP) is -0.530. The van der Waals surface area contributed by atoms with Gasteiger partial charge in [0.2, 0.25) is 0 Å². The summed E-state index contributed by atoms with van der Waals surface area (Å²) in [6.45, 7) is 9.01. The summed E-state index contributed by atoms with van der Waals surface area (Å²) in [7, 11) is 0. The molecule has 4 N–H and O–H groups in total. The summed E-state index contributed by atoms with van der Waals surface area (Å²) in [6.07, 6.45) is 4.34. The van der Waals surface area contributed by atoms with Gasteiger partial charge in [-0.2, -0.15) is 0 Å². The molecule has 0 bridgehead atoms. The van der Waals surface area contributed by atoms with Crippen molar-refractivity contribution in [2.45, 2.75) is 59.4 Å². The van der Waals surface area contributed by atoms with E-state index in [2.05, 4.69) is 9.97 Å². The maximum absolute atomic E-state index is 11.6. The summed E-state index contributed by atoms with van der Waals surface area (Å²) in [6, 6.07) is 0. The van der Waals surface area contributed by atoms with Crippen LogP contribution in [0.25, 0.3) is 0 Å². The molecule has 0 aliphatic carbocycles. The van der Waals surface area contributed by atoms with Crippen LogP contribution in [0.3, 0.4) is 0 Å². The average molecular weight is 497 g/mol. The van der Waals surface area contributed by atoms with E-state index >= 15 is 0 Å². The molecule has 0 atom stereocenters. The highest BCUT2D eigenvalue weighted by molar-refractivity contribution is 5.01. The predicted molar refractivity (Wildman–Crippen MR) is 128 cm³/mol. The van der Waals surface area contributed by atoms with Gasteiger partial charge in [0, 0.05) is 61.7 Å². The first-order valence-electron chi connectivity index (χ1n) is 11.6. The fourth-order valence-electron chi connectivity index (χ4n) is 3.35. The van der Waals surface area contributed by atoms with Crippen LogP contribution in [-0.4, -0.2) is 61.5 Å². The highest BCUT2D eigenvalue weighted by Gasteiger charge is 2.28. The van der Waals surface area contributed by atoms with Crippen LogP contribution in [-0.2, 0) is 22.6 Å². The number of aryl methyl sites for hydroxylation is 4. The number of aromatic nitrogens is 4. The van der Waals surface area contributed by atoms with Crippen LogP contribution in [0.5, 0.6) is 0 Å². The molecular formula is C23H36N4O8. The summed E-state index contributed by atoms with van der Waals surface area (Å²) in [5.41, 5.74) is -0.547. The molecule has 3 heterocycles. The van der Waals surface area contributed by atoms with E-state index in [-0.39, 0.29) is 41.9 Å². The number of aliphatic hydroxyl groups is 2. The number of nitrogens with zero attached hydrogens (tertiary/aromatic N) is 2. The minimum absolute atomic E-state index is 0.117. The van der Waals surface area contributed by atoms with Gasteiger partial charge in [-0.25, -0.2) is 9.59 Å². The number of aromatic amines is 2. The molecule has 0 spiro atoms. The first-order chi connectivity index (χ1) is 16.5. The highest BCUT2D eigenvalue weighted by Crippen LogP contribution is 2.22. The Morgan fingerprint density at radius 2 is 1.37 bits per heavy atom. The van der Waals surface area contributed by atoms with Gasteiger partial charge in [0.15, 0.2) is 5.79 Å². The Morgan fingerprint density at radius 1 is 0.914 bits per heavy atom. The van der Waals surface area contributed by atoms with E-state index < -0.39 is 11.5 Å². The minimum atomic E-state index is -0.512. The summed E-state index contributed by atoms with van der Waals surface area (Å²) in [5, 5.41) is 17.7. The van der Waals surface area contributed by atoms with Crippen LogP contribution in [0.15, 0.2) is 31.6 Å².